The predicted molar refractivity (Wildman–Crippen MR) is 135 cm³/mol. The molecule has 35 heavy (non-hydrogen) atoms. The minimum Gasteiger partial charge on any atom is -0.505 e. The van der Waals surface area contributed by atoms with Gasteiger partial charge in [-0.3, -0.25) is 9.12 Å². The van der Waals surface area contributed by atoms with Crippen LogP contribution in [0.25, 0.3) is 27.6 Å². The monoisotopic (exact) mass is 510 g/mol. The zero-order chi connectivity index (χ0) is 24.2. The molecule has 0 bridgehead atoms. The number of phenols is 1. The lowest BCUT2D eigenvalue weighted by Crippen LogP contribution is -2.12. The van der Waals surface area contributed by atoms with Crippen LogP contribution in [0.3, 0.4) is 0 Å². The van der Waals surface area contributed by atoms with E-state index < -0.39 is 11.6 Å². The summed E-state index contributed by atoms with van der Waals surface area (Å²) in [6.45, 7) is 1.39. The van der Waals surface area contributed by atoms with Crippen LogP contribution in [0.4, 0.5) is 14.7 Å². The molecular formula is C24H20F2N6OS2. The number of aromatic hydroxyl groups is 1. The second kappa shape index (κ2) is 10.4. The molecule has 0 amide bonds. The first-order chi connectivity index (χ1) is 17.1. The van der Waals surface area contributed by atoms with E-state index in [4.69, 9.17) is 0 Å². The summed E-state index contributed by atoms with van der Waals surface area (Å²) in [5.41, 5.74) is 2.57. The van der Waals surface area contributed by atoms with Gasteiger partial charge in [-0.15, -0.1) is 11.3 Å². The molecule has 5 rings (SSSR count). The Morgan fingerprint density at radius 2 is 1.89 bits per heavy atom. The minimum absolute atomic E-state index is 0.251. The lowest BCUT2D eigenvalue weighted by molar-refractivity contribution is 0.432. The van der Waals surface area contributed by atoms with Crippen LogP contribution >= 0.6 is 23.3 Å². The Morgan fingerprint density at radius 1 is 1.03 bits per heavy atom. The molecule has 0 aliphatic rings. The predicted octanol–water partition coefficient (Wildman–Crippen LogP) is 5.60. The van der Waals surface area contributed by atoms with Crippen LogP contribution in [0.2, 0.25) is 0 Å². The molecule has 3 N–H and O–H groups in total. The Labute approximate surface area is 208 Å². The van der Waals surface area contributed by atoms with Crippen molar-refractivity contribution in [3.8, 4) is 28.4 Å². The van der Waals surface area contributed by atoms with Gasteiger partial charge in [-0.25, -0.2) is 23.7 Å². The summed E-state index contributed by atoms with van der Waals surface area (Å²) >= 11 is 2.93. The topological polar surface area (TPSA) is 87.4 Å². The minimum atomic E-state index is -0.685. The summed E-state index contributed by atoms with van der Waals surface area (Å²) < 4.78 is 31.8. The fourth-order valence-corrected chi connectivity index (χ4v) is 4.86. The van der Waals surface area contributed by atoms with Crippen molar-refractivity contribution < 1.29 is 13.9 Å². The Bertz CT molecular complexity index is 1450. The van der Waals surface area contributed by atoms with Crippen LogP contribution in [0.15, 0.2) is 71.2 Å². The van der Waals surface area contributed by atoms with Gasteiger partial charge >= 0.3 is 0 Å². The number of aromatic nitrogens is 4. The number of fused-ring (bicyclic) bond motifs is 1. The van der Waals surface area contributed by atoms with Gasteiger partial charge in [0, 0.05) is 41.3 Å². The summed E-state index contributed by atoms with van der Waals surface area (Å²) in [6.07, 6.45) is 4.39. The van der Waals surface area contributed by atoms with Crippen LogP contribution in [0, 0.1) is 11.6 Å². The molecule has 3 heterocycles. The van der Waals surface area contributed by atoms with E-state index >= 15 is 0 Å². The van der Waals surface area contributed by atoms with E-state index in [0.29, 0.717) is 29.4 Å². The van der Waals surface area contributed by atoms with Crippen LogP contribution < -0.4 is 10.0 Å². The third-order valence-corrected chi connectivity index (χ3v) is 6.74. The summed E-state index contributed by atoms with van der Waals surface area (Å²) in [6, 6.07) is 12.3. The third-order valence-electron chi connectivity index (χ3n) is 5.12. The van der Waals surface area contributed by atoms with Gasteiger partial charge in [0.1, 0.15) is 11.5 Å². The van der Waals surface area contributed by atoms with Crippen molar-refractivity contribution in [2.75, 3.05) is 18.4 Å². The van der Waals surface area contributed by atoms with Gasteiger partial charge < -0.3 is 10.4 Å². The van der Waals surface area contributed by atoms with Crippen molar-refractivity contribution in [2.45, 2.75) is 11.3 Å². The van der Waals surface area contributed by atoms with Crippen LogP contribution in [-0.2, 0) is 0 Å². The molecule has 0 saturated heterocycles. The molecule has 0 fully saturated rings. The lowest BCUT2D eigenvalue weighted by atomic mass is 10.1. The Kier molecular flexibility index (Phi) is 6.89. The normalized spacial score (nSPS) is 11.3. The average molecular weight is 511 g/mol. The molecule has 0 saturated carbocycles. The second-order valence-corrected chi connectivity index (χ2v) is 9.36. The molecule has 7 nitrogen and oxygen atoms in total. The van der Waals surface area contributed by atoms with Gasteiger partial charge in [0.15, 0.2) is 16.5 Å². The maximum atomic E-state index is 13.6. The molecule has 3 aromatic heterocycles. The van der Waals surface area contributed by atoms with Crippen LogP contribution in [-0.4, -0.2) is 37.5 Å². The first kappa shape index (κ1) is 23.2. The summed E-state index contributed by atoms with van der Waals surface area (Å²) in [7, 11) is 0. The molecule has 2 aromatic carbocycles. The molecule has 11 heteroatoms. The van der Waals surface area contributed by atoms with Gasteiger partial charge in [-0.2, -0.15) is 0 Å². The first-order valence-electron chi connectivity index (χ1n) is 10.8. The highest BCUT2D eigenvalue weighted by Gasteiger charge is 2.19. The molecule has 0 spiro atoms. The standard InChI is InChI=1S/C24H20F2N6OS2/c25-16-3-5-17(6-4-16)35-29-10-1-9-27-23-28-11-8-19(30-23)22-21(31-24-32(22)12-13-34-24)15-2-7-18(26)20(33)14-15/h2-8,11-14,29,33H,1,9-10H2,(H,27,28,30). The van der Waals surface area contributed by atoms with Crippen molar-refractivity contribution in [3.05, 3.63) is 77.9 Å². The number of imidazole rings is 1. The Morgan fingerprint density at radius 3 is 2.71 bits per heavy atom. The number of phenolic OH excluding ortho intramolecular Hbond substituents is 1. The molecule has 5 aromatic rings. The highest BCUT2D eigenvalue weighted by molar-refractivity contribution is 7.97. The highest BCUT2D eigenvalue weighted by atomic mass is 32.2. The number of nitrogens with zero attached hydrogens (tertiary/aromatic N) is 4. The molecule has 0 unspecified atom stereocenters. The van der Waals surface area contributed by atoms with E-state index in [1.165, 1.54) is 47.6 Å². The Hall–Kier alpha value is -3.54. The number of anilines is 1. The van der Waals surface area contributed by atoms with Crippen molar-refractivity contribution in [3.63, 3.8) is 0 Å². The molecular weight excluding hydrogens is 490 g/mol. The Balaban J connectivity index is 1.27. The number of rotatable bonds is 9. The molecule has 0 radical (unpaired) electrons. The van der Waals surface area contributed by atoms with Gasteiger partial charge in [0.05, 0.1) is 11.4 Å². The molecule has 0 aliphatic carbocycles. The van der Waals surface area contributed by atoms with E-state index in [2.05, 4.69) is 25.0 Å². The van der Waals surface area contributed by atoms with Crippen molar-refractivity contribution in [2.24, 2.45) is 0 Å². The smallest absolute Gasteiger partial charge is 0.223 e. The van der Waals surface area contributed by atoms with Gasteiger partial charge in [0.2, 0.25) is 5.95 Å². The fraction of sp³-hybridized carbons (Fsp3) is 0.125. The number of benzene rings is 2. The van der Waals surface area contributed by atoms with Gasteiger partial charge in [-0.05, 0) is 66.9 Å². The number of hydrogen-bond donors (Lipinski definition) is 3. The summed E-state index contributed by atoms with van der Waals surface area (Å²) in [4.78, 5) is 15.4. The SMILES string of the molecule is Oc1cc(-c2nc3sccn3c2-c2ccnc(NCCCNSc3ccc(F)cc3)n2)ccc1F. The largest absolute Gasteiger partial charge is 0.505 e. The maximum absolute atomic E-state index is 13.6. The van der Waals surface area contributed by atoms with Gasteiger partial charge in [0.25, 0.3) is 0 Å². The summed E-state index contributed by atoms with van der Waals surface area (Å²) in [5.74, 6) is -0.886. The van der Waals surface area contributed by atoms with E-state index in [1.807, 2.05) is 16.0 Å². The van der Waals surface area contributed by atoms with E-state index in [9.17, 15) is 13.9 Å². The quantitative estimate of drug-likeness (QED) is 0.176. The molecule has 0 aliphatic heterocycles. The van der Waals surface area contributed by atoms with Crippen LogP contribution in [0.5, 0.6) is 5.75 Å². The molecule has 178 valence electrons. The first-order valence-corrected chi connectivity index (χ1v) is 12.4. The number of hydrogen-bond acceptors (Lipinski definition) is 8. The van der Waals surface area contributed by atoms with Gasteiger partial charge in [-0.1, -0.05) is 0 Å². The number of halogens is 2. The molecule has 0 atom stereocenters. The van der Waals surface area contributed by atoms with Crippen molar-refractivity contribution in [1.29, 1.82) is 0 Å². The average Bonchev–Trinajstić information content (AvgIpc) is 3.46. The van der Waals surface area contributed by atoms with Crippen molar-refractivity contribution >= 4 is 34.2 Å². The number of nitrogens with one attached hydrogen (secondary N) is 2. The van der Waals surface area contributed by atoms with Crippen LogP contribution in [0.1, 0.15) is 6.42 Å². The zero-order valence-electron chi connectivity index (χ0n) is 18.3. The van der Waals surface area contributed by atoms with E-state index in [-0.39, 0.29) is 5.82 Å². The second-order valence-electron chi connectivity index (χ2n) is 7.53. The third kappa shape index (κ3) is 5.26. The summed E-state index contributed by atoms with van der Waals surface area (Å²) in [5, 5.41) is 15.0. The highest BCUT2D eigenvalue weighted by Crippen LogP contribution is 2.35. The lowest BCUT2D eigenvalue weighted by Gasteiger charge is -2.09. The zero-order valence-corrected chi connectivity index (χ0v) is 19.9. The van der Waals surface area contributed by atoms with E-state index in [0.717, 1.165) is 28.5 Å². The maximum Gasteiger partial charge on any atom is 0.223 e. The number of thiazole rings is 1. The fourth-order valence-electron chi connectivity index (χ4n) is 3.47. The van der Waals surface area contributed by atoms with E-state index in [1.54, 1.807) is 30.5 Å². The van der Waals surface area contributed by atoms with Crippen molar-refractivity contribution in [1.82, 2.24) is 24.1 Å².